The molecule has 0 radical (unpaired) electrons. The van der Waals surface area contributed by atoms with E-state index in [1.165, 1.54) is 13.8 Å². The Morgan fingerprint density at radius 2 is 1.02 bits per heavy atom. The van der Waals surface area contributed by atoms with E-state index >= 15 is 0 Å². The predicted molar refractivity (Wildman–Crippen MR) is 224 cm³/mol. The Labute approximate surface area is 358 Å². The molecule has 0 aromatic carbocycles. The van der Waals surface area contributed by atoms with Gasteiger partial charge in [0.2, 0.25) is 11.8 Å². The van der Waals surface area contributed by atoms with Crippen LogP contribution in [0.3, 0.4) is 0 Å². The van der Waals surface area contributed by atoms with Gasteiger partial charge in [-0.2, -0.15) is 0 Å². The van der Waals surface area contributed by atoms with Crippen molar-refractivity contribution in [1.82, 2.24) is 10.6 Å². The van der Waals surface area contributed by atoms with Crippen LogP contribution < -0.4 is 10.6 Å². The molecule has 15 nitrogen and oxygen atoms in total. The van der Waals surface area contributed by atoms with Gasteiger partial charge >= 0.3 is 17.9 Å². The summed E-state index contributed by atoms with van der Waals surface area (Å²) in [6, 6.07) is -0.628. The first-order chi connectivity index (χ1) is 28.5. The maximum atomic E-state index is 13.2. The summed E-state index contributed by atoms with van der Waals surface area (Å²) < 4.78 is 34.8. The van der Waals surface area contributed by atoms with Crippen LogP contribution in [-0.4, -0.2) is 104 Å². The van der Waals surface area contributed by atoms with Crippen LogP contribution in [0.5, 0.6) is 0 Å². The summed E-state index contributed by atoms with van der Waals surface area (Å²) in [6.07, 6.45) is 6.70. The van der Waals surface area contributed by atoms with E-state index in [1.807, 2.05) is 0 Å². The first-order valence-corrected chi connectivity index (χ1v) is 22.6. The number of amides is 2. The van der Waals surface area contributed by atoms with Crippen molar-refractivity contribution in [1.29, 1.82) is 0 Å². The zero-order valence-electron chi connectivity index (χ0n) is 37.8. The van der Waals surface area contributed by atoms with Gasteiger partial charge in [0.25, 0.3) is 0 Å². The molecule has 15 heteroatoms. The van der Waals surface area contributed by atoms with E-state index in [4.69, 9.17) is 33.5 Å². The van der Waals surface area contributed by atoms with Crippen LogP contribution in [0.1, 0.15) is 152 Å². The van der Waals surface area contributed by atoms with E-state index in [9.17, 15) is 28.8 Å². The van der Waals surface area contributed by atoms with Gasteiger partial charge in [0.1, 0.15) is 13.2 Å². The van der Waals surface area contributed by atoms with E-state index in [1.54, 1.807) is 0 Å². The van der Waals surface area contributed by atoms with Crippen molar-refractivity contribution in [3.05, 3.63) is 0 Å². The molecule has 2 aliphatic heterocycles. The second kappa shape index (κ2) is 29.2. The second-order valence-electron chi connectivity index (χ2n) is 17.2. The van der Waals surface area contributed by atoms with Crippen LogP contribution >= 0.6 is 0 Å². The fourth-order valence-corrected chi connectivity index (χ4v) is 7.78. The number of ether oxygens (including phenoxy) is 6. The van der Waals surface area contributed by atoms with Gasteiger partial charge in [0.15, 0.2) is 18.4 Å². The van der Waals surface area contributed by atoms with Gasteiger partial charge in [-0.1, -0.05) is 54.4 Å². The molecule has 0 saturated carbocycles. The minimum absolute atomic E-state index is 0.0387. The van der Waals surface area contributed by atoms with Gasteiger partial charge in [-0.3, -0.25) is 28.8 Å². The Bertz CT molecular complexity index is 1310. The van der Waals surface area contributed by atoms with Crippen LogP contribution in [0.15, 0.2) is 0 Å². The van der Waals surface area contributed by atoms with Gasteiger partial charge < -0.3 is 44.2 Å². The molecule has 0 aromatic heterocycles. The first kappa shape index (κ1) is 53.0. The molecular weight excluding hydrogens is 776 g/mol. The molecule has 0 bridgehead atoms. The number of aliphatic carboxylic acids is 1. The number of carboxylic acid groups (broad SMARTS) is 1. The molecular formula is C45H78N2O13. The number of hydrogen-bond acceptors (Lipinski definition) is 12. The zero-order chi connectivity index (χ0) is 44.6. The highest BCUT2D eigenvalue weighted by molar-refractivity contribution is 5.89. The highest BCUT2D eigenvalue weighted by Crippen LogP contribution is 2.37. The molecule has 11 unspecified atom stereocenters. The number of unbranched alkanes of at least 4 members (excludes halogenated alkanes) is 6. The van der Waals surface area contributed by atoms with Gasteiger partial charge in [-0.05, 0) is 81.5 Å². The Morgan fingerprint density at radius 3 is 1.50 bits per heavy atom. The minimum atomic E-state index is -0.828. The molecule has 2 saturated heterocycles. The number of ketones is 1. The molecule has 2 heterocycles. The zero-order valence-corrected chi connectivity index (χ0v) is 37.8. The number of nitrogens with one attached hydrogen (secondary N) is 2. The second-order valence-corrected chi connectivity index (χ2v) is 17.2. The summed E-state index contributed by atoms with van der Waals surface area (Å²) in [5.74, 6) is -0.418. The van der Waals surface area contributed by atoms with E-state index in [0.717, 1.165) is 12.8 Å². The lowest BCUT2D eigenvalue weighted by molar-refractivity contribution is -0.255. The number of esters is 2. The minimum Gasteiger partial charge on any atom is -0.481 e. The lowest BCUT2D eigenvalue weighted by Crippen LogP contribution is -2.47. The van der Waals surface area contributed by atoms with E-state index in [2.05, 4.69) is 52.2 Å². The fraction of sp³-hybridized carbons (Fsp3) is 0.867. The van der Waals surface area contributed by atoms with Crippen molar-refractivity contribution in [3.63, 3.8) is 0 Å². The number of Topliss-reactive ketones (excluding diaryl/α,β-unsaturated/α-hetero) is 1. The quantitative estimate of drug-likeness (QED) is 0.0521. The van der Waals surface area contributed by atoms with Crippen molar-refractivity contribution in [3.8, 4) is 0 Å². The van der Waals surface area contributed by atoms with E-state index in [0.29, 0.717) is 102 Å². The monoisotopic (exact) mass is 855 g/mol. The standard InChI is InChI=1S/C45H78N2O13/c1-29-31(3)39(27-57-35(7)48)59-44(33(29)5)55-25-17-14-21-41(51)46-24-16-13-19-37(38(50)20-11-9-10-12-23-43(53)54)47-42(52)22-15-18-26-56-45-34(6)30(2)32(4)40(60-45)28-58-36(8)49/h29-34,37,39-40,44-45H,9-28H2,1-8H3,(H,46,51)(H,47,52)(H,53,54). The Kier molecular flexibility index (Phi) is 25.8. The molecule has 2 aliphatic rings. The fourth-order valence-electron chi connectivity index (χ4n) is 7.78. The third kappa shape index (κ3) is 20.6. The lowest BCUT2D eigenvalue weighted by atomic mass is 9.79. The molecule has 346 valence electrons. The molecule has 11 atom stereocenters. The van der Waals surface area contributed by atoms with Gasteiger partial charge in [0, 0.05) is 71.1 Å². The van der Waals surface area contributed by atoms with Crippen LogP contribution in [0.2, 0.25) is 0 Å². The summed E-state index contributed by atoms with van der Waals surface area (Å²) in [4.78, 5) is 72.3. The molecule has 0 aromatic rings. The summed E-state index contributed by atoms with van der Waals surface area (Å²) in [5, 5.41) is 14.8. The van der Waals surface area contributed by atoms with E-state index < -0.39 is 24.6 Å². The third-order valence-corrected chi connectivity index (χ3v) is 12.6. The summed E-state index contributed by atoms with van der Waals surface area (Å²) in [6.45, 7) is 17.1. The van der Waals surface area contributed by atoms with Gasteiger partial charge in [-0.15, -0.1) is 0 Å². The van der Waals surface area contributed by atoms with Gasteiger partial charge in [-0.25, -0.2) is 0 Å². The number of hydrogen-bond donors (Lipinski definition) is 3. The average molecular weight is 855 g/mol. The molecule has 2 amide bonds. The molecule has 0 spiro atoms. The lowest BCUT2D eigenvalue weighted by Gasteiger charge is -2.43. The van der Waals surface area contributed by atoms with Crippen molar-refractivity contribution < 1.29 is 62.3 Å². The average Bonchev–Trinajstić information content (AvgIpc) is 3.19. The molecule has 3 N–H and O–H groups in total. The summed E-state index contributed by atoms with van der Waals surface area (Å²) in [7, 11) is 0. The Hall–Kier alpha value is -3.14. The van der Waals surface area contributed by atoms with Crippen molar-refractivity contribution in [2.75, 3.05) is 33.0 Å². The number of rotatable bonds is 30. The van der Waals surface area contributed by atoms with Crippen LogP contribution in [-0.2, 0) is 57.2 Å². The smallest absolute Gasteiger partial charge is 0.303 e. The summed E-state index contributed by atoms with van der Waals surface area (Å²) >= 11 is 0. The number of carbonyl (C=O) groups excluding carboxylic acids is 5. The summed E-state index contributed by atoms with van der Waals surface area (Å²) in [5.41, 5.74) is 0. The molecule has 0 aliphatic carbocycles. The van der Waals surface area contributed by atoms with Crippen molar-refractivity contribution >= 4 is 35.5 Å². The maximum absolute atomic E-state index is 13.2. The predicted octanol–water partition coefficient (Wildman–Crippen LogP) is 6.52. The highest BCUT2D eigenvalue weighted by atomic mass is 16.7. The van der Waals surface area contributed by atoms with Crippen LogP contribution in [0.4, 0.5) is 0 Å². The van der Waals surface area contributed by atoms with Crippen LogP contribution in [0.25, 0.3) is 0 Å². The van der Waals surface area contributed by atoms with Crippen molar-refractivity contribution in [2.45, 2.75) is 183 Å². The SMILES string of the molecule is CC(=O)OCC1OC(OCCCCC(=O)NCCCCC(NC(=O)CCCCOC2OC(COC(C)=O)C(C)C(C)C2C)C(=O)CCCCCCC(=O)O)C(C)C(C)C1C. The third-order valence-electron chi connectivity index (χ3n) is 12.6. The van der Waals surface area contributed by atoms with E-state index in [-0.39, 0.29) is 91.5 Å². The van der Waals surface area contributed by atoms with Crippen LogP contribution in [0, 0.1) is 35.5 Å². The van der Waals surface area contributed by atoms with Crippen molar-refractivity contribution in [2.24, 2.45) is 35.5 Å². The van der Waals surface area contributed by atoms with Gasteiger partial charge in [0.05, 0.1) is 18.2 Å². The molecule has 2 rings (SSSR count). The maximum Gasteiger partial charge on any atom is 0.303 e. The number of carboxylic acids is 1. The normalized spacial score (nSPS) is 27.1. The number of carbonyl (C=O) groups is 6. The molecule has 60 heavy (non-hydrogen) atoms. The first-order valence-electron chi connectivity index (χ1n) is 22.6. The Morgan fingerprint density at radius 1 is 0.550 bits per heavy atom. The topological polar surface area (TPSA) is 202 Å². The highest BCUT2D eigenvalue weighted by Gasteiger charge is 2.41. The Balaban J connectivity index is 1.73. The largest absolute Gasteiger partial charge is 0.481 e. The molecule has 2 fully saturated rings.